The van der Waals surface area contributed by atoms with E-state index >= 15 is 0 Å². The van der Waals surface area contributed by atoms with Crippen LogP contribution < -0.4 is 10.5 Å². The largest absolute Gasteiger partial charge is 0.448 e. The predicted octanol–water partition coefficient (Wildman–Crippen LogP) is 0.925. The molecular formula is C9H9N3O. The maximum atomic E-state index is 5.20. The fourth-order valence-electron chi connectivity index (χ4n) is 1.10. The molecule has 1 aromatic heterocycles. The first-order chi connectivity index (χ1) is 6.40. The lowest BCUT2D eigenvalue weighted by Gasteiger charge is -2.00. The van der Waals surface area contributed by atoms with Crippen LogP contribution in [0.4, 0.5) is 0 Å². The van der Waals surface area contributed by atoms with E-state index in [4.69, 9.17) is 10.5 Å². The molecule has 0 spiro atoms. The zero-order valence-electron chi connectivity index (χ0n) is 6.97. The molecule has 0 saturated heterocycles. The molecule has 0 saturated carbocycles. The third-order valence-corrected chi connectivity index (χ3v) is 1.68. The Labute approximate surface area is 75.4 Å². The summed E-state index contributed by atoms with van der Waals surface area (Å²) in [5.41, 5.74) is 6.06. The van der Waals surface area contributed by atoms with Gasteiger partial charge in [0, 0.05) is 11.6 Å². The zero-order chi connectivity index (χ0) is 9.10. The van der Waals surface area contributed by atoms with Crippen molar-refractivity contribution in [3.05, 3.63) is 30.5 Å². The van der Waals surface area contributed by atoms with Gasteiger partial charge in [-0.1, -0.05) is 18.2 Å². The lowest BCUT2D eigenvalue weighted by atomic mass is 10.2. The highest BCUT2D eigenvalue weighted by Gasteiger charge is 1.97. The van der Waals surface area contributed by atoms with Gasteiger partial charge in [-0.05, 0) is 6.07 Å². The van der Waals surface area contributed by atoms with Gasteiger partial charge >= 0.3 is 6.01 Å². The molecule has 2 aromatic rings. The molecule has 66 valence electrons. The maximum Gasteiger partial charge on any atom is 0.318 e. The van der Waals surface area contributed by atoms with Crippen LogP contribution in [0.15, 0.2) is 30.5 Å². The van der Waals surface area contributed by atoms with E-state index in [1.54, 1.807) is 6.20 Å². The van der Waals surface area contributed by atoms with Crippen molar-refractivity contribution < 1.29 is 4.74 Å². The quantitative estimate of drug-likeness (QED) is 0.689. The van der Waals surface area contributed by atoms with Crippen LogP contribution in [0.2, 0.25) is 0 Å². The van der Waals surface area contributed by atoms with E-state index in [1.807, 2.05) is 24.3 Å². The standard InChI is InChI=1S/C9H9N3O/c10-6-13-9-11-5-7-3-1-2-4-8(7)12-9/h1-5H,6,10H2. The van der Waals surface area contributed by atoms with Gasteiger partial charge in [-0.2, -0.15) is 4.98 Å². The summed E-state index contributed by atoms with van der Waals surface area (Å²) in [6.45, 7) is 0.0956. The van der Waals surface area contributed by atoms with E-state index < -0.39 is 0 Å². The highest BCUT2D eigenvalue weighted by Crippen LogP contribution is 2.12. The number of nitrogens with zero attached hydrogens (tertiary/aromatic N) is 2. The summed E-state index contributed by atoms with van der Waals surface area (Å²) in [5.74, 6) is 0. The molecule has 13 heavy (non-hydrogen) atoms. The second kappa shape index (κ2) is 3.37. The maximum absolute atomic E-state index is 5.20. The molecule has 0 radical (unpaired) electrons. The van der Waals surface area contributed by atoms with E-state index in [0.29, 0.717) is 6.01 Å². The smallest absolute Gasteiger partial charge is 0.318 e. The monoisotopic (exact) mass is 175 g/mol. The first-order valence-corrected chi connectivity index (χ1v) is 3.95. The summed E-state index contributed by atoms with van der Waals surface area (Å²) in [6, 6.07) is 8.03. The number of aromatic nitrogens is 2. The summed E-state index contributed by atoms with van der Waals surface area (Å²) in [4.78, 5) is 8.13. The molecule has 0 amide bonds. The van der Waals surface area contributed by atoms with Crippen molar-refractivity contribution in [3.63, 3.8) is 0 Å². The van der Waals surface area contributed by atoms with Gasteiger partial charge in [0.2, 0.25) is 0 Å². The molecule has 0 aliphatic heterocycles. The van der Waals surface area contributed by atoms with Crippen LogP contribution in [0.1, 0.15) is 0 Å². The molecule has 1 heterocycles. The summed E-state index contributed by atoms with van der Waals surface area (Å²) < 4.78 is 4.97. The first kappa shape index (κ1) is 7.94. The van der Waals surface area contributed by atoms with Crippen molar-refractivity contribution in [2.45, 2.75) is 0 Å². The fourth-order valence-corrected chi connectivity index (χ4v) is 1.10. The summed E-state index contributed by atoms with van der Waals surface area (Å²) >= 11 is 0. The third kappa shape index (κ3) is 1.57. The topological polar surface area (TPSA) is 61.0 Å². The minimum Gasteiger partial charge on any atom is -0.448 e. The Kier molecular flexibility index (Phi) is 2.06. The van der Waals surface area contributed by atoms with Crippen molar-refractivity contribution in [2.24, 2.45) is 5.73 Å². The van der Waals surface area contributed by atoms with Crippen LogP contribution in [0.3, 0.4) is 0 Å². The molecule has 4 heteroatoms. The minimum absolute atomic E-state index is 0.0956. The number of fused-ring (bicyclic) bond motifs is 1. The van der Waals surface area contributed by atoms with Crippen molar-refractivity contribution in [1.29, 1.82) is 0 Å². The normalized spacial score (nSPS) is 10.2. The molecule has 2 rings (SSSR count). The average Bonchev–Trinajstić information content (AvgIpc) is 2.18. The van der Waals surface area contributed by atoms with E-state index in [2.05, 4.69) is 9.97 Å². The van der Waals surface area contributed by atoms with Gasteiger partial charge in [-0.25, -0.2) is 4.98 Å². The van der Waals surface area contributed by atoms with Gasteiger partial charge < -0.3 is 4.74 Å². The fraction of sp³-hybridized carbons (Fsp3) is 0.111. The molecule has 0 aliphatic carbocycles. The van der Waals surface area contributed by atoms with E-state index in [-0.39, 0.29) is 6.73 Å². The molecule has 0 aliphatic rings. The Morgan fingerprint density at radius 2 is 2.15 bits per heavy atom. The Morgan fingerprint density at radius 3 is 3.00 bits per heavy atom. The number of ether oxygens (including phenoxy) is 1. The molecular weight excluding hydrogens is 166 g/mol. The van der Waals surface area contributed by atoms with E-state index in [0.717, 1.165) is 10.9 Å². The van der Waals surface area contributed by atoms with Crippen molar-refractivity contribution in [3.8, 4) is 6.01 Å². The highest BCUT2D eigenvalue weighted by molar-refractivity contribution is 5.77. The number of hydrogen-bond donors (Lipinski definition) is 1. The Morgan fingerprint density at radius 1 is 1.31 bits per heavy atom. The molecule has 4 nitrogen and oxygen atoms in total. The number of para-hydroxylation sites is 1. The highest BCUT2D eigenvalue weighted by atomic mass is 16.5. The second-order valence-electron chi connectivity index (χ2n) is 2.52. The van der Waals surface area contributed by atoms with Crippen LogP contribution in [0.5, 0.6) is 6.01 Å². The SMILES string of the molecule is NCOc1ncc2ccccc2n1. The lowest BCUT2D eigenvalue weighted by Crippen LogP contribution is -2.09. The average molecular weight is 175 g/mol. The number of nitrogens with two attached hydrogens (primary N) is 1. The lowest BCUT2D eigenvalue weighted by molar-refractivity contribution is 0.304. The van der Waals surface area contributed by atoms with Crippen molar-refractivity contribution in [1.82, 2.24) is 9.97 Å². The minimum atomic E-state index is 0.0956. The van der Waals surface area contributed by atoms with Gasteiger partial charge in [0.1, 0.15) is 6.73 Å². The van der Waals surface area contributed by atoms with Crippen LogP contribution in [0.25, 0.3) is 10.9 Å². The van der Waals surface area contributed by atoms with Gasteiger partial charge in [-0.15, -0.1) is 0 Å². The Balaban J connectivity index is 2.49. The van der Waals surface area contributed by atoms with E-state index in [1.165, 1.54) is 0 Å². The van der Waals surface area contributed by atoms with Crippen LogP contribution in [-0.4, -0.2) is 16.7 Å². The number of rotatable bonds is 2. The van der Waals surface area contributed by atoms with Gasteiger partial charge in [0.05, 0.1) is 5.52 Å². The van der Waals surface area contributed by atoms with Crippen LogP contribution >= 0.6 is 0 Å². The summed E-state index contributed by atoms with van der Waals surface area (Å²) in [7, 11) is 0. The Hall–Kier alpha value is -1.68. The molecule has 0 fully saturated rings. The third-order valence-electron chi connectivity index (χ3n) is 1.68. The molecule has 0 bridgehead atoms. The molecule has 2 N–H and O–H groups in total. The second-order valence-corrected chi connectivity index (χ2v) is 2.52. The zero-order valence-corrected chi connectivity index (χ0v) is 6.97. The number of benzene rings is 1. The summed E-state index contributed by atoms with van der Waals surface area (Å²) in [6.07, 6.45) is 1.72. The molecule has 1 aromatic carbocycles. The number of hydrogen-bond acceptors (Lipinski definition) is 4. The Bertz CT molecular complexity index is 416. The van der Waals surface area contributed by atoms with Crippen molar-refractivity contribution >= 4 is 10.9 Å². The van der Waals surface area contributed by atoms with Gasteiger partial charge in [0.15, 0.2) is 0 Å². The van der Waals surface area contributed by atoms with Gasteiger partial charge in [0.25, 0.3) is 0 Å². The van der Waals surface area contributed by atoms with Gasteiger partial charge in [-0.3, -0.25) is 5.73 Å². The van der Waals surface area contributed by atoms with Crippen LogP contribution in [0, 0.1) is 0 Å². The van der Waals surface area contributed by atoms with Crippen LogP contribution in [-0.2, 0) is 0 Å². The molecule has 0 atom stereocenters. The molecule has 0 unspecified atom stereocenters. The predicted molar refractivity (Wildman–Crippen MR) is 49.2 cm³/mol. The van der Waals surface area contributed by atoms with E-state index in [9.17, 15) is 0 Å². The summed E-state index contributed by atoms with van der Waals surface area (Å²) in [5, 5.41) is 0.992. The first-order valence-electron chi connectivity index (χ1n) is 3.95. The van der Waals surface area contributed by atoms with Crippen molar-refractivity contribution in [2.75, 3.05) is 6.73 Å².